The van der Waals surface area contributed by atoms with E-state index >= 15 is 0 Å². The lowest BCUT2D eigenvalue weighted by Crippen LogP contribution is -2.08. The molecule has 6 rings (SSSR count). The smallest absolute Gasteiger partial charge is 0.123 e. The van der Waals surface area contributed by atoms with Crippen LogP contribution in [0.15, 0.2) is 109 Å². The fourth-order valence-corrected chi connectivity index (χ4v) is 5.19. The van der Waals surface area contributed by atoms with Crippen molar-refractivity contribution in [2.45, 2.75) is 6.54 Å². The number of aromatic amines is 1. The molecule has 2 aromatic carbocycles. The van der Waals surface area contributed by atoms with E-state index in [4.69, 9.17) is 0 Å². The number of halogens is 1. The molecule has 0 aliphatic carbocycles. The van der Waals surface area contributed by atoms with Crippen LogP contribution < -0.4 is 10.6 Å². The highest BCUT2D eigenvalue weighted by atomic mass is 32.1. The van der Waals surface area contributed by atoms with Crippen LogP contribution in [0.3, 0.4) is 0 Å². The Kier molecular flexibility index (Phi) is 5.93. The summed E-state index contributed by atoms with van der Waals surface area (Å²) in [6.07, 6.45) is 13.6. The first-order chi connectivity index (χ1) is 17.8. The Morgan fingerprint density at radius 1 is 0.861 bits per heavy atom. The molecule has 0 bridgehead atoms. The van der Waals surface area contributed by atoms with Crippen molar-refractivity contribution in [1.29, 1.82) is 0 Å². The third-order valence-electron chi connectivity index (χ3n) is 6.20. The average Bonchev–Trinajstić information content (AvgIpc) is 3.49. The van der Waals surface area contributed by atoms with Crippen molar-refractivity contribution in [3.8, 4) is 22.4 Å². The van der Waals surface area contributed by atoms with Crippen LogP contribution in [0.4, 0.5) is 10.1 Å². The van der Waals surface area contributed by atoms with Crippen LogP contribution in [0.25, 0.3) is 39.0 Å². The number of rotatable bonds is 6. The summed E-state index contributed by atoms with van der Waals surface area (Å²) in [7, 11) is 0. The molecule has 4 heterocycles. The standard InChI is InChI=1S/C30H23FN4S/c31-22-9-7-21(8-10-22)29-27(20-13-16-32-17-14-20)24-11-12-26(34-19-23-5-4-18-36-23)28(30(24)35-29)25-6-2-1-3-15-33-25/h1-18,33-35H,19H2. The van der Waals surface area contributed by atoms with Crippen molar-refractivity contribution in [3.63, 3.8) is 0 Å². The zero-order chi connectivity index (χ0) is 24.3. The second-order valence-corrected chi connectivity index (χ2v) is 9.46. The van der Waals surface area contributed by atoms with Crippen LogP contribution in [-0.2, 0) is 6.54 Å². The molecule has 4 nitrogen and oxygen atoms in total. The minimum atomic E-state index is -0.257. The Labute approximate surface area is 212 Å². The number of benzene rings is 2. The van der Waals surface area contributed by atoms with E-state index in [0.29, 0.717) is 0 Å². The Morgan fingerprint density at radius 3 is 2.53 bits per heavy atom. The maximum Gasteiger partial charge on any atom is 0.123 e. The lowest BCUT2D eigenvalue weighted by molar-refractivity contribution is 0.628. The zero-order valence-corrected chi connectivity index (χ0v) is 20.1. The van der Waals surface area contributed by atoms with Gasteiger partial charge in [-0.15, -0.1) is 11.3 Å². The van der Waals surface area contributed by atoms with Crippen molar-refractivity contribution >= 4 is 33.6 Å². The van der Waals surface area contributed by atoms with Gasteiger partial charge in [-0.25, -0.2) is 4.39 Å². The first-order valence-corrected chi connectivity index (χ1v) is 12.6. The van der Waals surface area contributed by atoms with Crippen molar-refractivity contribution in [2.75, 3.05) is 5.32 Å². The van der Waals surface area contributed by atoms with Crippen LogP contribution in [0, 0.1) is 5.82 Å². The van der Waals surface area contributed by atoms with E-state index in [0.717, 1.165) is 56.8 Å². The van der Waals surface area contributed by atoms with Crippen molar-refractivity contribution in [1.82, 2.24) is 15.3 Å². The van der Waals surface area contributed by atoms with E-state index < -0.39 is 0 Å². The number of anilines is 1. The molecule has 5 aromatic rings. The summed E-state index contributed by atoms with van der Waals surface area (Å²) in [5.41, 5.74) is 8.01. The van der Waals surface area contributed by atoms with Gasteiger partial charge < -0.3 is 15.6 Å². The summed E-state index contributed by atoms with van der Waals surface area (Å²) < 4.78 is 13.8. The number of pyridine rings is 1. The van der Waals surface area contributed by atoms with Gasteiger partial charge in [0, 0.05) is 57.9 Å². The molecule has 176 valence electrons. The molecule has 0 spiro atoms. The third-order valence-corrected chi connectivity index (χ3v) is 7.08. The minimum absolute atomic E-state index is 0.257. The van der Waals surface area contributed by atoms with Gasteiger partial charge in [-0.2, -0.15) is 0 Å². The molecule has 0 fully saturated rings. The predicted octanol–water partition coefficient (Wildman–Crippen LogP) is 7.72. The van der Waals surface area contributed by atoms with Crippen LogP contribution in [0.5, 0.6) is 0 Å². The summed E-state index contributed by atoms with van der Waals surface area (Å²) in [4.78, 5) is 9.18. The second-order valence-electron chi connectivity index (χ2n) is 8.43. The van der Waals surface area contributed by atoms with E-state index in [-0.39, 0.29) is 5.82 Å². The van der Waals surface area contributed by atoms with Gasteiger partial charge in [-0.05, 0) is 77.2 Å². The van der Waals surface area contributed by atoms with E-state index in [2.05, 4.69) is 56.3 Å². The molecule has 0 radical (unpaired) electrons. The van der Waals surface area contributed by atoms with E-state index in [1.165, 1.54) is 17.0 Å². The first kappa shape index (κ1) is 22.1. The number of fused-ring (bicyclic) bond motifs is 1. The molecule has 0 unspecified atom stereocenters. The fourth-order valence-electron chi connectivity index (χ4n) is 4.55. The van der Waals surface area contributed by atoms with Gasteiger partial charge in [-0.3, -0.25) is 4.98 Å². The van der Waals surface area contributed by atoms with Crippen LogP contribution >= 0.6 is 11.3 Å². The molecule has 0 amide bonds. The van der Waals surface area contributed by atoms with Gasteiger partial charge in [-0.1, -0.05) is 24.3 Å². The maximum absolute atomic E-state index is 13.8. The summed E-state index contributed by atoms with van der Waals surface area (Å²) >= 11 is 1.73. The van der Waals surface area contributed by atoms with E-state index in [1.807, 2.05) is 48.7 Å². The van der Waals surface area contributed by atoms with Gasteiger partial charge in [0.25, 0.3) is 0 Å². The Hall–Kier alpha value is -4.42. The predicted molar refractivity (Wildman–Crippen MR) is 148 cm³/mol. The quantitative estimate of drug-likeness (QED) is 0.228. The highest BCUT2D eigenvalue weighted by molar-refractivity contribution is 7.09. The van der Waals surface area contributed by atoms with Crippen molar-refractivity contribution < 1.29 is 4.39 Å². The molecule has 3 aromatic heterocycles. The number of allylic oxidation sites excluding steroid dienone is 4. The Morgan fingerprint density at radius 2 is 1.72 bits per heavy atom. The molecule has 0 saturated carbocycles. The average molecular weight is 491 g/mol. The summed E-state index contributed by atoms with van der Waals surface area (Å²) in [5.74, 6) is -0.257. The highest BCUT2D eigenvalue weighted by Gasteiger charge is 2.21. The monoisotopic (exact) mass is 490 g/mol. The molecule has 3 N–H and O–H groups in total. The lowest BCUT2D eigenvalue weighted by Gasteiger charge is -2.16. The number of aromatic nitrogens is 2. The number of H-pyrrole nitrogens is 1. The summed E-state index contributed by atoms with van der Waals surface area (Å²) in [6.45, 7) is 0.734. The number of hydrogen-bond donors (Lipinski definition) is 3. The fraction of sp³-hybridized carbons (Fsp3) is 0.0333. The van der Waals surface area contributed by atoms with Gasteiger partial charge in [0.05, 0.1) is 11.2 Å². The SMILES string of the molecule is Fc1ccc(-c2[nH]c3c(C4=CC=CC=CN4)c(NCc4cccs4)ccc3c2-c2ccncc2)cc1. The topological polar surface area (TPSA) is 52.7 Å². The van der Waals surface area contributed by atoms with Gasteiger partial charge in [0.2, 0.25) is 0 Å². The minimum Gasteiger partial charge on any atom is -0.380 e. The van der Waals surface area contributed by atoms with E-state index in [1.54, 1.807) is 23.7 Å². The van der Waals surface area contributed by atoms with Gasteiger partial charge in [0.15, 0.2) is 0 Å². The van der Waals surface area contributed by atoms with Crippen molar-refractivity contribution in [2.24, 2.45) is 0 Å². The molecule has 6 heteroatoms. The summed E-state index contributed by atoms with van der Waals surface area (Å²) in [5, 5.41) is 10.3. The molecular formula is C30H23FN4S. The number of nitrogens with one attached hydrogen (secondary N) is 3. The number of hydrogen-bond acceptors (Lipinski definition) is 4. The Bertz CT molecular complexity index is 1590. The lowest BCUT2D eigenvalue weighted by atomic mass is 9.97. The van der Waals surface area contributed by atoms with Gasteiger partial charge in [0.1, 0.15) is 5.82 Å². The first-order valence-electron chi connectivity index (χ1n) is 11.7. The molecule has 36 heavy (non-hydrogen) atoms. The molecular weight excluding hydrogens is 467 g/mol. The normalized spacial score (nSPS) is 12.9. The van der Waals surface area contributed by atoms with Crippen molar-refractivity contribution in [3.05, 3.63) is 125 Å². The summed E-state index contributed by atoms with van der Waals surface area (Å²) in [6, 6.07) is 19.1. The third kappa shape index (κ3) is 4.23. The van der Waals surface area contributed by atoms with Crippen LogP contribution in [-0.4, -0.2) is 9.97 Å². The number of nitrogens with zero attached hydrogens (tertiary/aromatic N) is 1. The molecule has 0 atom stereocenters. The zero-order valence-electron chi connectivity index (χ0n) is 19.3. The van der Waals surface area contributed by atoms with E-state index in [9.17, 15) is 4.39 Å². The molecule has 1 aliphatic heterocycles. The largest absolute Gasteiger partial charge is 0.380 e. The molecule has 0 saturated heterocycles. The molecule has 1 aliphatic rings. The number of thiophene rings is 1. The van der Waals surface area contributed by atoms with Crippen LogP contribution in [0.2, 0.25) is 0 Å². The van der Waals surface area contributed by atoms with Gasteiger partial charge >= 0.3 is 0 Å². The second kappa shape index (κ2) is 9.68. The van der Waals surface area contributed by atoms with Crippen LogP contribution in [0.1, 0.15) is 10.4 Å². The maximum atomic E-state index is 13.8. The highest BCUT2D eigenvalue weighted by Crippen LogP contribution is 2.42. The Balaban J connectivity index is 1.60.